The number of anilines is 4. The number of hydrogen-bond donors (Lipinski definition) is 6. The molecule has 0 fully saturated rings. The van der Waals surface area contributed by atoms with Gasteiger partial charge >= 0.3 is 12.2 Å². The molecule has 0 aliphatic heterocycles. The molecule has 0 spiro atoms. The molecule has 0 atom stereocenters. The fourth-order valence-corrected chi connectivity index (χ4v) is 2.78. The van der Waals surface area contributed by atoms with Crippen LogP contribution in [-0.2, 0) is 0 Å². The molecule has 0 aromatic heterocycles. The maximum atomic E-state index is 11.0. The normalized spacial score (nSPS) is 10.3. The van der Waals surface area contributed by atoms with Crippen molar-refractivity contribution in [3.8, 4) is 22.3 Å². The summed E-state index contributed by atoms with van der Waals surface area (Å²) in [5.41, 5.74) is 16.3. The van der Waals surface area contributed by atoms with Gasteiger partial charge in [0.25, 0.3) is 0 Å². The zero-order valence-electron chi connectivity index (χ0n) is 14.6. The fraction of sp³-hybridized carbons (Fsp3) is 0. The lowest BCUT2D eigenvalue weighted by molar-refractivity contribution is 0.208. The number of benzene rings is 3. The molecule has 8 nitrogen and oxygen atoms in total. The summed E-state index contributed by atoms with van der Waals surface area (Å²) < 4.78 is 0. The molecule has 0 radical (unpaired) electrons. The van der Waals surface area contributed by atoms with Crippen molar-refractivity contribution in [3.05, 3.63) is 60.7 Å². The van der Waals surface area contributed by atoms with Crippen molar-refractivity contribution in [1.29, 1.82) is 0 Å². The van der Waals surface area contributed by atoms with Gasteiger partial charge < -0.3 is 21.7 Å². The Kier molecular flexibility index (Phi) is 5.03. The van der Waals surface area contributed by atoms with Crippen LogP contribution < -0.4 is 22.1 Å². The van der Waals surface area contributed by atoms with Crippen molar-refractivity contribution in [1.82, 2.24) is 0 Å². The second-order valence-electron chi connectivity index (χ2n) is 6.04. The Morgan fingerprint density at radius 2 is 1.07 bits per heavy atom. The molecular formula is C20H18N4O4. The molecule has 3 rings (SSSR count). The van der Waals surface area contributed by atoms with Gasteiger partial charge in [-0.25, -0.2) is 9.59 Å². The molecule has 8 heteroatoms. The maximum Gasteiger partial charge on any atom is 0.409 e. The highest BCUT2D eigenvalue weighted by atomic mass is 16.4. The minimum Gasteiger partial charge on any atom is -0.465 e. The third kappa shape index (κ3) is 4.13. The minimum absolute atomic E-state index is 0.141. The molecule has 0 bridgehead atoms. The molecule has 0 saturated carbocycles. The third-order valence-corrected chi connectivity index (χ3v) is 4.14. The predicted molar refractivity (Wildman–Crippen MR) is 109 cm³/mol. The highest BCUT2D eigenvalue weighted by molar-refractivity contribution is 5.95. The van der Waals surface area contributed by atoms with E-state index < -0.39 is 12.2 Å². The second-order valence-corrected chi connectivity index (χ2v) is 6.04. The summed E-state index contributed by atoms with van der Waals surface area (Å²) in [7, 11) is 0. The van der Waals surface area contributed by atoms with E-state index in [0.717, 1.165) is 22.3 Å². The van der Waals surface area contributed by atoms with Crippen LogP contribution >= 0.6 is 0 Å². The van der Waals surface area contributed by atoms with Crippen LogP contribution in [0.25, 0.3) is 22.3 Å². The van der Waals surface area contributed by atoms with Gasteiger partial charge in [0.1, 0.15) is 0 Å². The number of carboxylic acid groups (broad SMARTS) is 2. The first-order valence-electron chi connectivity index (χ1n) is 8.23. The van der Waals surface area contributed by atoms with Gasteiger partial charge in [-0.2, -0.15) is 0 Å². The van der Waals surface area contributed by atoms with Gasteiger partial charge in [-0.3, -0.25) is 10.6 Å². The van der Waals surface area contributed by atoms with E-state index in [0.29, 0.717) is 11.4 Å². The average Bonchev–Trinajstić information content (AvgIpc) is 2.65. The van der Waals surface area contributed by atoms with Crippen molar-refractivity contribution in [2.45, 2.75) is 0 Å². The Morgan fingerprint density at radius 3 is 1.61 bits per heavy atom. The summed E-state index contributed by atoms with van der Waals surface area (Å²) in [6, 6.07) is 17.8. The first kappa shape index (κ1) is 18.6. The van der Waals surface area contributed by atoms with Crippen LogP contribution in [0.5, 0.6) is 0 Å². The van der Waals surface area contributed by atoms with E-state index in [9.17, 15) is 9.59 Å². The number of hydrogen-bond acceptors (Lipinski definition) is 4. The van der Waals surface area contributed by atoms with Gasteiger partial charge in [0, 0.05) is 0 Å². The Morgan fingerprint density at radius 1 is 0.607 bits per heavy atom. The Labute approximate surface area is 160 Å². The SMILES string of the molecule is Nc1ccc(-c2ccc(-c3ccc(NC(=O)O)c(NC(=O)O)c3)cc2)cc1N. The lowest BCUT2D eigenvalue weighted by Gasteiger charge is -2.12. The topological polar surface area (TPSA) is 151 Å². The van der Waals surface area contributed by atoms with Crippen LogP contribution in [0.15, 0.2) is 60.7 Å². The van der Waals surface area contributed by atoms with E-state index in [-0.39, 0.29) is 11.4 Å². The van der Waals surface area contributed by atoms with Crippen LogP contribution in [0.4, 0.5) is 32.3 Å². The van der Waals surface area contributed by atoms with E-state index in [1.807, 2.05) is 30.3 Å². The molecule has 3 aromatic carbocycles. The highest BCUT2D eigenvalue weighted by Crippen LogP contribution is 2.31. The van der Waals surface area contributed by atoms with Gasteiger partial charge in [-0.05, 0) is 46.5 Å². The molecule has 0 aliphatic carbocycles. The summed E-state index contributed by atoms with van der Waals surface area (Å²) in [4.78, 5) is 21.9. The van der Waals surface area contributed by atoms with Gasteiger partial charge in [-0.15, -0.1) is 0 Å². The van der Waals surface area contributed by atoms with Crippen LogP contribution in [0.1, 0.15) is 0 Å². The van der Waals surface area contributed by atoms with Gasteiger partial charge in [0.05, 0.1) is 22.7 Å². The van der Waals surface area contributed by atoms with E-state index in [4.69, 9.17) is 21.7 Å². The monoisotopic (exact) mass is 378 g/mol. The van der Waals surface area contributed by atoms with Crippen molar-refractivity contribution in [2.24, 2.45) is 0 Å². The van der Waals surface area contributed by atoms with E-state index in [2.05, 4.69) is 10.6 Å². The van der Waals surface area contributed by atoms with E-state index in [1.54, 1.807) is 24.3 Å². The molecule has 0 heterocycles. The van der Waals surface area contributed by atoms with Crippen molar-refractivity contribution < 1.29 is 19.8 Å². The highest BCUT2D eigenvalue weighted by Gasteiger charge is 2.10. The standard InChI is InChI=1S/C20H18N4O4/c21-15-7-5-13(9-16(15)22)11-1-3-12(4-2-11)14-6-8-17(23-19(25)26)18(10-14)24-20(27)28/h1-10,23-24H,21-22H2,(H,25,26)(H,27,28). The number of nitrogens with two attached hydrogens (primary N) is 2. The molecule has 0 saturated heterocycles. The summed E-state index contributed by atoms with van der Waals surface area (Å²) in [6.45, 7) is 0. The lowest BCUT2D eigenvalue weighted by Crippen LogP contribution is -2.13. The van der Waals surface area contributed by atoms with Crippen molar-refractivity contribution in [2.75, 3.05) is 22.1 Å². The zero-order chi connectivity index (χ0) is 20.3. The number of rotatable bonds is 4. The van der Waals surface area contributed by atoms with Crippen molar-refractivity contribution in [3.63, 3.8) is 0 Å². The van der Waals surface area contributed by atoms with Gasteiger partial charge in [0.15, 0.2) is 0 Å². The molecule has 8 N–H and O–H groups in total. The second kappa shape index (κ2) is 7.58. The van der Waals surface area contributed by atoms with Crippen LogP contribution in [-0.4, -0.2) is 22.4 Å². The predicted octanol–water partition coefficient (Wildman–Crippen LogP) is 4.36. The van der Waals surface area contributed by atoms with Crippen LogP contribution in [0, 0.1) is 0 Å². The summed E-state index contributed by atoms with van der Waals surface area (Å²) >= 11 is 0. The molecule has 3 aromatic rings. The van der Waals surface area contributed by atoms with Crippen LogP contribution in [0.3, 0.4) is 0 Å². The molecule has 28 heavy (non-hydrogen) atoms. The summed E-state index contributed by atoms with van der Waals surface area (Å²) in [6.07, 6.45) is -2.57. The summed E-state index contributed by atoms with van der Waals surface area (Å²) in [5, 5.41) is 22.2. The maximum absolute atomic E-state index is 11.0. The molecule has 2 amide bonds. The molecule has 142 valence electrons. The van der Waals surface area contributed by atoms with Gasteiger partial charge in [-0.1, -0.05) is 36.4 Å². The first-order chi connectivity index (χ1) is 13.3. The zero-order valence-corrected chi connectivity index (χ0v) is 14.6. The average molecular weight is 378 g/mol. The first-order valence-corrected chi connectivity index (χ1v) is 8.23. The van der Waals surface area contributed by atoms with Crippen LogP contribution in [0.2, 0.25) is 0 Å². The Bertz CT molecular complexity index is 1050. The molecule has 0 unspecified atom stereocenters. The minimum atomic E-state index is -1.29. The summed E-state index contributed by atoms with van der Waals surface area (Å²) in [5.74, 6) is 0. The van der Waals surface area contributed by atoms with Crippen molar-refractivity contribution >= 4 is 34.9 Å². The van der Waals surface area contributed by atoms with E-state index in [1.165, 1.54) is 6.07 Å². The number of nitrogen functional groups attached to an aromatic ring is 2. The smallest absolute Gasteiger partial charge is 0.409 e. The molecule has 0 aliphatic rings. The number of amides is 2. The quantitative estimate of drug-likeness (QED) is 0.371. The largest absolute Gasteiger partial charge is 0.465 e. The Balaban J connectivity index is 1.93. The van der Waals surface area contributed by atoms with Gasteiger partial charge in [0.2, 0.25) is 0 Å². The third-order valence-electron chi connectivity index (χ3n) is 4.14. The van der Waals surface area contributed by atoms with E-state index >= 15 is 0 Å². The number of nitrogens with one attached hydrogen (secondary N) is 2. The molecular weight excluding hydrogens is 360 g/mol. The fourth-order valence-electron chi connectivity index (χ4n) is 2.78. The number of carbonyl (C=O) groups is 2. The lowest BCUT2D eigenvalue weighted by atomic mass is 9.99. The Hall–Kier alpha value is -4.20.